The van der Waals surface area contributed by atoms with Gasteiger partial charge in [0.05, 0.1) is 19.2 Å². The molecule has 2 heterocycles. The summed E-state index contributed by atoms with van der Waals surface area (Å²) in [4.78, 5) is 2.35. The molecule has 1 aliphatic rings. The van der Waals surface area contributed by atoms with E-state index in [2.05, 4.69) is 58.3 Å². The molecule has 3 aromatic rings. The van der Waals surface area contributed by atoms with Crippen molar-refractivity contribution in [2.24, 2.45) is 0 Å². The molecule has 26 heavy (non-hydrogen) atoms. The molecular weight excluding hydrogens is 324 g/mol. The van der Waals surface area contributed by atoms with Crippen LogP contribution in [-0.4, -0.2) is 36.3 Å². The van der Waals surface area contributed by atoms with Crippen LogP contribution in [0.5, 0.6) is 11.5 Å². The van der Waals surface area contributed by atoms with E-state index in [1.165, 1.54) is 11.8 Å². The number of rotatable bonds is 7. The summed E-state index contributed by atoms with van der Waals surface area (Å²) in [6.45, 7) is 2.95. The number of nitrogens with zero attached hydrogens (tertiary/aromatic N) is 2. The number of ether oxygens (including phenoxy) is 2. The fourth-order valence-corrected chi connectivity index (χ4v) is 3.36. The number of fused-ring (bicyclic) bond motifs is 1. The first-order valence-corrected chi connectivity index (χ1v) is 9.12. The molecule has 0 N–H and O–H groups in total. The van der Waals surface area contributed by atoms with E-state index in [0.29, 0.717) is 0 Å². The molecule has 134 valence electrons. The van der Waals surface area contributed by atoms with Gasteiger partial charge in [-0.1, -0.05) is 6.08 Å². The molecule has 0 bridgehead atoms. The van der Waals surface area contributed by atoms with Crippen LogP contribution in [0.1, 0.15) is 12.8 Å². The van der Waals surface area contributed by atoms with Crippen molar-refractivity contribution in [1.82, 2.24) is 9.47 Å². The molecule has 0 atom stereocenters. The van der Waals surface area contributed by atoms with Crippen molar-refractivity contribution in [1.29, 1.82) is 0 Å². The van der Waals surface area contributed by atoms with Gasteiger partial charge in [-0.15, -0.1) is 0 Å². The first-order valence-electron chi connectivity index (χ1n) is 9.12. The van der Waals surface area contributed by atoms with E-state index < -0.39 is 0 Å². The third kappa shape index (κ3) is 3.54. The number of hydrogen-bond acceptors (Lipinski definition) is 3. The SMILES string of the molecule is COc1ccc2c(ccn2-c2ccc(OCCCN3C=CCC3)cc2)c1. The zero-order valence-corrected chi connectivity index (χ0v) is 15.1. The summed E-state index contributed by atoms with van der Waals surface area (Å²) in [6, 6.07) is 16.5. The molecule has 0 saturated heterocycles. The first-order chi connectivity index (χ1) is 12.8. The van der Waals surface area contributed by atoms with Gasteiger partial charge in [0.25, 0.3) is 0 Å². The Hall–Kier alpha value is -2.88. The zero-order chi connectivity index (χ0) is 17.8. The molecule has 1 aromatic heterocycles. The van der Waals surface area contributed by atoms with Gasteiger partial charge in [0.15, 0.2) is 0 Å². The van der Waals surface area contributed by atoms with Crippen LogP contribution in [0, 0.1) is 0 Å². The van der Waals surface area contributed by atoms with Crippen LogP contribution >= 0.6 is 0 Å². The highest BCUT2D eigenvalue weighted by atomic mass is 16.5. The van der Waals surface area contributed by atoms with E-state index >= 15 is 0 Å². The summed E-state index contributed by atoms with van der Waals surface area (Å²) in [6.07, 6.45) is 8.70. The highest BCUT2D eigenvalue weighted by Gasteiger charge is 2.06. The van der Waals surface area contributed by atoms with E-state index in [1.54, 1.807) is 7.11 Å². The predicted octanol–water partition coefficient (Wildman–Crippen LogP) is 4.63. The lowest BCUT2D eigenvalue weighted by Crippen LogP contribution is -2.17. The normalized spacial score (nSPS) is 13.5. The second kappa shape index (κ2) is 7.56. The molecule has 2 aromatic carbocycles. The molecular formula is C22H24N2O2. The average molecular weight is 348 g/mol. The molecule has 4 nitrogen and oxygen atoms in total. The minimum Gasteiger partial charge on any atom is -0.497 e. The third-order valence-electron chi connectivity index (χ3n) is 4.77. The van der Waals surface area contributed by atoms with Gasteiger partial charge >= 0.3 is 0 Å². The summed E-state index contributed by atoms with van der Waals surface area (Å²) < 4.78 is 13.4. The molecule has 0 radical (unpaired) electrons. The van der Waals surface area contributed by atoms with Crippen molar-refractivity contribution in [2.75, 3.05) is 26.8 Å². The monoisotopic (exact) mass is 348 g/mol. The molecule has 0 spiro atoms. The number of benzene rings is 2. The first kappa shape index (κ1) is 16.6. The Kier molecular flexibility index (Phi) is 4.82. The minimum atomic E-state index is 0.746. The van der Waals surface area contributed by atoms with E-state index in [4.69, 9.17) is 9.47 Å². The van der Waals surface area contributed by atoms with E-state index in [-0.39, 0.29) is 0 Å². The second-order valence-corrected chi connectivity index (χ2v) is 6.52. The molecule has 4 rings (SSSR count). The Labute approximate surface area is 154 Å². The summed E-state index contributed by atoms with van der Waals surface area (Å²) >= 11 is 0. The average Bonchev–Trinajstić information content (AvgIpc) is 3.35. The lowest BCUT2D eigenvalue weighted by Gasteiger charge is -2.15. The van der Waals surface area contributed by atoms with Gasteiger partial charge in [-0.2, -0.15) is 0 Å². The van der Waals surface area contributed by atoms with Crippen molar-refractivity contribution < 1.29 is 9.47 Å². The van der Waals surface area contributed by atoms with Crippen molar-refractivity contribution in [2.45, 2.75) is 12.8 Å². The van der Waals surface area contributed by atoms with Gasteiger partial charge in [0.2, 0.25) is 0 Å². The van der Waals surface area contributed by atoms with Gasteiger partial charge in [-0.25, -0.2) is 0 Å². The van der Waals surface area contributed by atoms with E-state index in [0.717, 1.165) is 48.8 Å². The Morgan fingerprint density at radius 3 is 2.62 bits per heavy atom. The van der Waals surface area contributed by atoms with Gasteiger partial charge in [0, 0.05) is 30.4 Å². The fourth-order valence-electron chi connectivity index (χ4n) is 3.36. The Morgan fingerprint density at radius 2 is 1.85 bits per heavy atom. The maximum absolute atomic E-state index is 5.88. The molecule has 4 heteroatoms. The van der Waals surface area contributed by atoms with E-state index in [9.17, 15) is 0 Å². The highest BCUT2D eigenvalue weighted by Crippen LogP contribution is 2.25. The van der Waals surface area contributed by atoms with Gasteiger partial charge in [-0.05, 0) is 67.6 Å². The van der Waals surface area contributed by atoms with Gasteiger partial charge in [-0.3, -0.25) is 0 Å². The summed E-state index contributed by atoms with van der Waals surface area (Å²) in [7, 11) is 1.69. The molecule has 0 saturated carbocycles. The number of hydrogen-bond donors (Lipinski definition) is 0. The van der Waals surface area contributed by atoms with Crippen molar-refractivity contribution >= 4 is 10.9 Å². The summed E-state index contributed by atoms with van der Waals surface area (Å²) in [5, 5.41) is 1.17. The summed E-state index contributed by atoms with van der Waals surface area (Å²) in [5.74, 6) is 1.80. The molecule has 0 aliphatic carbocycles. The predicted molar refractivity (Wildman–Crippen MR) is 105 cm³/mol. The Bertz CT molecular complexity index is 896. The third-order valence-corrected chi connectivity index (χ3v) is 4.77. The molecule has 0 fully saturated rings. The lowest BCUT2D eigenvalue weighted by atomic mass is 10.2. The van der Waals surface area contributed by atoms with Gasteiger partial charge in [0.1, 0.15) is 11.5 Å². The maximum atomic E-state index is 5.88. The Balaban J connectivity index is 1.38. The van der Waals surface area contributed by atoms with Gasteiger partial charge < -0.3 is 18.9 Å². The van der Waals surface area contributed by atoms with Crippen LogP contribution < -0.4 is 9.47 Å². The van der Waals surface area contributed by atoms with Crippen molar-refractivity contribution in [3.63, 3.8) is 0 Å². The van der Waals surface area contributed by atoms with Crippen LogP contribution in [0.4, 0.5) is 0 Å². The summed E-state index contributed by atoms with van der Waals surface area (Å²) in [5.41, 5.74) is 2.29. The fraction of sp³-hybridized carbons (Fsp3) is 0.273. The van der Waals surface area contributed by atoms with Crippen LogP contribution in [-0.2, 0) is 0 Å². The Morgan fingerprint density at radius 1 is 1.00 bits per heavy atom. The van der Waals surface area contributed by atoms with E-state index in [1.807, 2.05) is 18.2 Å². The van der Waals surface area contributed by atoms with Crippen molar-refractivity contribution in [3.8, 4) is 17.2 Å². The smallest absolute Gasteiger partial charge is 0.119 e. The molecule has 1 aliphatic heterocycles. The standard InChI is InChI=1S/C22H24N2O2/c1-25-21-9-10-22-18(17-21)11-15-24(22)19-5-7-20(8-6-19)26-16-4-14-23-12-2-3-13-23/h2,5-12,15,17H,3-4,13-14,16H2,1H3. The van der Waals surface area contributed by atoms with Crippen LogP contribution in [0.3, 0.4) is 0 Å². The topological polar surface area (TPSA) is 26.6 Å². The maximum Gasteiger partial charge on any atom is 0.119 e. The molecule has 0 unspecified atom stereocenters. The van der Waals surface area contributed by atoms with Crippen LogP contribution in [0.15, 0.2) is 67.0 Å². The lowest BCUT2D eigenvalue weighted by molar-refractivity contribution is 0.282. The molecule has 0 amide bonds. The minimum absolute atomic E-state index is 0.746. The zero-order valence-electron chi connectivity index (χ0n) is 15.1. The van der Waals surface area contributed by atoms with Crippen LogP contribution in [0.25, 0.3) is 16.6 Å². The number of aromatic nitrogens is 1. The quantitative estimate of drug-likeness (QED) is 0.583. The second-order valence-electron chi connectivity index (χ2n) is 6.52. The highest BCUT2D eigenvalue weighted by molar-refractivity contribution is 5.83. The van der Waals surface area contributed by atoms with Crippen LogP contribution in [0.2, 0.25) is 0 Å². The number of methoxy groups -OCH3 is 1. The largest absolute Gasteiger partial charge is 0.497 e. The van der Waals surface area contributed by atoms with Crippen molar-refractivity contribution in [3.05, 3.63) is 67.0 Å².